The summed E-state index contributed by atoms with van der Waals surface area (Å²) in [6, 6.07) is 15.5. The quantitative estimate of drug-likeness (QED) is 0.445. The maximum Gasteiger partial charge on any atom is 0.263 e. The predicted molar refractivity (Wildman–Crippen MR) is 107 cm³/mol. The van der Waals surface area contributed by atoms with Crippen molar-refractivity contribution >= 4 is 35.0 Å². The molecule has 1 atom stereocenters. The lowest BCUT2D eigenvalue weighted by Gasteiger charge is -2.12. The molecule has 6 nitrogen and oxygen atoms in total. The summed E-state index contributed by atoms with van der Waals surface area (Å²) in [6.07, 6.45) is 0. The van der Waals surface area contributed by atoms with E-state index in [9.17, 15) is 14.7 Å². The van der Waals surface area contributed by atoms with Gasteiger partial charge in [-0.25, -0.2) is 0 Å². The van der Waals surface area contributed by atoms with Gasteiger partial charge in [0.15, 0.2) is 5.16 Å². The number of carbonyl (C=O) groups excluding carboxylic acids is 1. The first-order chi connectivity index (χ1) is 12.9. The summed E-state index contributed by atoms with van der Waals surface area (Å²) >= 11 is 6.86. The van der Waals surface area contributed by atoms with Crippen LogP contribution in [0, 0.1) is 0 Å². The minimum Gasteiger partial charge on any atom is -0.493 e. The van der Waals surface area contributed by atoms with Crippen LogP contribution in [-0.4, -0.2) is 26.2 Å². The van der Waals surface area contributed by atoms with E-state index in [4.69, 9.17) is 11.6 Å². The smallest absolute Gasteiger partial charge is 0.263 e. The Morgan fingerprint density at radius 1 is 1.19 bits per heavy atom. The molecule has 1 amide bonds. The Balaban J connectivity index is 1.74. The van der Waals surface area contributed by atoms with Crippen LogP contribution in [0.25, 0.3) is 11.1 Å². The van der Waals surface area contributed by atoms with Gasteiger partial charge in [-0.15, -0.1) is 0 Å². The first-order valence-electron chi connectivity index (χ1n) is 8.06. The standard InChI is InChI=1S/C19H16ClN3O3S/c1-11(16(24)21-14-9-7-13(20)8-10-14)27-19-22-17(25)15(18(26)23-19)12-5-3-2-4-6-12/h2-11H,1H3,(H,21,24)(H2,22,23,25,26). The predicted octanol–water partition coefficient (Wildman–Crippen LogP) is 3.92. The Bertz CT molecular complexity index is 1010. The van der Waals surface area contributed by atoms with Crippen LogP contribution < -0.4 is 10.9 Å². The highest BCUT2D eigenvalue weighted by molar-refractivity contribution is 8.00. The van der Waals surface area contributed by atoms with Gasteiger partial charge in [0.25, 0.3) is 5.56 Å². The number of hydrogen-bond donors (Lipinski definition) is 3. The maximum absolute atomic E-state index is 12.4. The molecule has 3 N–H and O–H groups in total. The minimum absolute atomic E-state index is 0.0956. The lowest BCUT2D eigenvalue weighted by Crippen LogP contribution is -2.23. The average Bonchev–Trinajstić information content (AvgIpc) is 2.64. The topological polar surface area (TPSA) is 95.1 Å². The van der Waals surface area contributed by atoms with Crippen molar-refractivity contribution in [3.05, 3.63) is 70.0 Å². The number of carbonyl (C=O) groups is 1. The molecule has 2 aromatic carbocycles. The molecule has 0 aliphatic rings. The van der Waals surface area contributed by atoms with Crippen LogP contribution in [0.2, 0.25) is 5.02 Å². The Kier molecular flexibility index (Phi) is 5.83. The number of nitrogens with zero attached hydrogens (tertiary/aromatic N) is 1. The zero-order valence-corrected chi connectivity index (χ0v) is 15.8. The Morgan fingerprint density at radius 3 is 2.48 bits per heavy atom. The third-order valence-corrected chi connectivity index (χ3v) is 4.95. The van der Waals surface area contributed by atoms with Crippen LogP contribution in [0.5, 0.6) is 5.88 Å². The number of thioether (sulfide) groups is 1. The zero-order chi connectivity index (χ0) is 19.4. The van der Waals surface area contributed by atoms with E-state index in [0.717, 1.165) is 11.8 Å². The molecule has 0 fully saturated rings. The molecule has 0 saturated heterocycles. The first-order valence-corrected chi connectivity index (χ1v) is 9.31. The number of H-pyrrole nitrogens is 1. The van der Waals surface area contributed by atoms with Gasteiger partial charge >= 0.3 is 0 Å². The lowest BCUT2D eigenvalue weighted by molar-refractivity contribution is -0.115. The molecule has 3 aromatic rings. The number of nitrogens with one attached hydrogen (secondary N) is 2. The summed E-state index contributed by atoms with van der Waals surface area (Å²) < 4.78 is 0. The molecule has 0 spiro atoms. The highest BCUT2D eigenvalue weighted by Gasteiger charge is 2.19. The number of rotatable bonds is 5. The van der Waals surface area contributed by atoms with E-state index >= 15 is 0 Å². The largest absolute Gasteiger partial charge is 0.493 e. The molecule has 1 heterocycles. The summed E-state index contributed by atoms with van der Waals surface area (Å²) in [6.45, 7) is 1.68. The summed E-state index contributed by atoms with van der Waals surface area (Å²) in [4.78, 5) is 31.3. The monoisotopic (exact) mass is 401 g/mol. The van der Waals surface area contributed by atoms with Crippen LogP contribution in [0.1, 0.15) is 6.92 Å². The number of hydrogen-bond acceptors (Lipinski definition) is 5. The van der Waals surface area contributed by atoms with Crippen molar-refractivity contribution < 1.29 is 9.90 Å². The van der Waals surface area contributed by atoms with Gasteiger partial charge in [0.1, 0.15) is 5.56 Å². The molecule has 8 heteroatoms. The van der Waals surface area contributed by atoms with Crippen LogP contribution in [0.3, 0.4) is 0 Å². The van der Waals surface area contributed by atoms with Gasteiger partial charge < -0.3 is 15.4 Å². The molecular formula is C19H16ClN3O3S. The fraction of sp³-hybridized carbons (Fsp3) is 0.105. The normalized spacial score (nSPS) is 11.8. The van der Waals surface area contributed by atoms with Crippen molar-refractivity contribution in [2.24, 2.45) is 0 Å². The van der Waals surface area contributed by atoms with Crippen molar-refractivity contribution in [2.75, 3.05) is 5.32 Å². The molecule has 1 unspecified atom stereocenters. The SMILES string of the molecule is CC(Sc1nc(O)c(-c2ccccc2)c(=O)[nH]1)C(=O)Nc1ccc(Cl)cc1. The molecule has 0 radical (unpaired) electrons. The highest BCUT2D eigenvalue weighted by Crippen LogP contribution is 2.27. The average molecular weight is 402 g/mol. The summed E-state index contributed by atoms with van der Waals surface area (Å²) in [5.41, 5.74) is 0.800. The highest BCUT2D eigenvalue weighted by atomic mass is 35.5. The molecule has 138 valence electrons. The molecule has 27 heavy (non-hydrogen) atoms. The molecule has 0 aliphatic heterocycles. The third-order valence-electron chi connectivity index (χ3n) is 3.71. The number of amides is 1. The van der Waals surface area contributed by atoms with Crippen LogP contribution in [0.15, 0.2) is 64.5 Å². The number of anilines is 1. The summed E-state index contributed by atoms with van der Waals surface area (Å²) in [5.74, 6) is -0.644. The number of halogens is 1. The fourth-order valence-corrected chi connectivity index (χ4v) is 3.28. The van der Waals surface area contributed by atoms with Crippen molar-refractivity contribution in [3.8, 4) is 17.0 Å². The van der Waals surface area contributed by atoms with Gasteiger partial charge in [-0.1, -0.05) is 53.7 Å². The second-order valence-electron chi connectivity index (χ2n) is 5.69. The van der Waals surface area contributed by atoms with E-state index in [-0.39, 0.29) is 22.5 Å². The van der Waals surface area contributed by atoms with Crippen LogP contribution in [-0.2, 0) is 4.79 Å². The molecular weight excluding hydrogens is 386 g/mol. The van der Waals surface area contributed by atoms with Gasteiger partial charge in [0.05, 0.1) is 5.25 Å². The second kappa shape index (κ2) is 8.28. The maximum atomic E-state index is 12.4. The van der Waals surface area contributed by atoms with Gasteiger partial charge in [-0.05, 0) is 36.8 Å². The van der Waals surface area contributed by atoms with Gasteiger partial charge in [-0.3, -0.25) is 9.59 Å². The Labute approximate surface area is 164 Å². The fourth-order valence-electron chi connectivity index (χ4n) is 2.36. The Morgan fingerprint density at radius 2 is 1.85 bits per heavy atom. The van der Waals surface area contributed by atoms with Gasteiger partial charge in [-0.2, -0.15) is 4.98 Å². The van der Waals surface area contributed by atoms with Crippen molar-refractivity contribution in [1.82, 2.24) is 9.97 Å². The number of aromatic amines is 1. The van der Waals surface area contributed by atoms with E-state index in [1.165, 1.54) is 0 Å². The van der Waals surface area contributed by atoms with E-state index < -0.39 is 10.8 Å². The Hall–Kier alpha value is -2.77. The molecule has 0 saturated carbocycles. The van der Waals surface area contributed by atoms with E-state index in [1.54, 1.807) is 55.5 Å². The molecule has 1 aromatic heterocycles. The number of aromatic hydroxyl groups is 1. The van der Waals surface area contributed by atoms with E-state index in [1.807, 2.05) is 6.07 Å². The van der Waals surface area contributed by atoms with Crippen molar-refractivity contribution in [1.29, 1.82) is 0 Å². The van der Waals surface area contributed by atoms with E-state index in [2.05, 4.69) is 15.3 Å². The first kappa shape index (κ1) is 19.0. The summed E-state index contributed by atoms with van der Waals surface area (Å²) in [7, 11) is 0. The van der Waals surface area contributed by atoms with Crippen LogP contribution in [0.4, 0.5) is 5.69 Å². The summed E-state index contributed by atoms with van der Waals surface area (Å²) in [5, 5.41) is 13.1. The van der Waals surface area contributed by atoms with Gasteiger partial charge in [0.2, 0.25) is 11.8 Å². The number of benzene rings is 2. The molecule has 0 bridgehead atoms. The zero-order valence-electron chi connectivity index (χ0n) is 14.3. The third kappa shape index (κ3) is 4.69. The van der Waals surface area contributed by atoms with Gasteiger partial charge in [0, 0.05) is 10.7 Å². The van der Waals surface area contributed by atoms with E-state index in [0.29, 0.717) is 16.3 Å². The lowest BCUT2D eigenvalue weighted by atomic mass is 10.1. The molecule has 3 rings (SSSR count). The minimum atomic E-state index is -0.550. The number of aromatic nitrogens is 2. The van der Waals surface area contributed by atoms with Crippen molar-refractivity contribution in [2.45, 2.75) is 17.3 Å². The molecule has 0 aliphatic carbocycles. The van der Waals surface area contributed by atoms with Crippen LogP contribution >= 0.6 is 23.4 Å². The second-order valence-corrected chi connectivity index (χ2v) is 7.46. The van der Waals surface area contributed by atoms with Crippen molar-refractivity contribution in [3.63, 3.8) is 0 Å².